The molecular formula is C28H43N3O3. The monoisotopic (exact) mass is 469 g/mol. The highest BCUT2D eigenvalue weighted by atomic mass is 16.5. The molecule has 0 radical (unpaired) electrons. The highest BCUT2D eigenvalue weighted by Gasteiger charge is 2.28. The lowest BCUT2D eigenvalue weighted by Gasteiger charge is -2.39. The molecule has 1 saturated heterocycles. The largest absolute Gasteiger partial charge is 0.497 e. The lowest BCUT2D eigenvalue weighted by atomic mass is 9.80. The van der Waals surface area contributed by atoms with Gasteiger partial charge in [-0.25, -0.2) is 4.79 Å². The molecule has 1 aromatic carbocycles. The van der Waals surface area contributed by atoms with Crippen molar-refractivity contribution >= 4 is 17.0 Å². The first-order chi connectivity index (χ1) is 16.6. The molecule has 2 aromatic rings. The minimum absolute atomic E-state index is 0.427. The number of hydrogen-bond acceptors (Lipinski definition) is 5. The molecule has 0 unspecified atom stereocenters. The van der Waals surface area contributed by atoms with Gasteiger partial charge in [0.2, 0.25) is 0 Å². The van der Waals surface area contributed by atoms with E-state index in [0.717, 1.165) is 48.2 Å². The predicted octanol–water partition coefficient (Wildman–Crippen LogP) is 5.96. The number of primary amides is 1. The maximum atomic E-state index is 11.0. The summed E-state index contributed by atoms with van der Waals surface area (Å²) in [6.07, 6.45) is 11.4. The Bertz CT molecular complexity index is 888. The van der Waals surface area contributed by atoms with Gasteiger partial charge in [0.25, 0.3) is 0 Å². The Balaban J connectivity index is 1.49. The van der Waals surface area contributed by atoms with E-state index in [4.69, 9.17) is 20.2 Å². The molecule has 1 aliphatic heterocycles. The van der Waals surface area contributed by atoms with Crippen molar-refractivity contribution in [3.63, 3.8) is 0 Å². The van der Waals surface area contributed by atoms with Crippen molar-refractivity contribution in [2.75, 3.05) is 33.4 Å². The maximum Gasteiger partial charge on any atom is 0.404 e. The third-order valence-corrected chi connectivity index (χ3v) is 7.25. The number of amides is 1. The zero-order valence-corrected chi connectivity index (χ0v) is 21.1. The Morgan fingerprint density at radius 3 is 2.74 bits per heavy atom. The lowest BCUT2D eigenvalue weighted by molar-refractivity contribution is 0.0827. The molecule has 1 aliphatic rings. The van der Waals surface area contributed by atoms with Gasteiger partial charge in [0.1, 0.15) is 5.75 Å². The number of aryl methyl sites for hydroxylation is 1. The fourth-order valence-electron chi connectivity index (χ4n) is 5.27. The molecule has 3 rings (SSSR count). The lowest BCUT2D eigenvalue weighted by Crippen LogP contribution is -2.41. The molecule has 34 heavy (non-hydrogen) atoms. The number of hydrogen-bond donors (Lipinski definition) is 1. The summed E-state index contributed by atoms with van der Waals surface area (Å²) in [6.45, 7) is 6.17. The van der Waals surface area contributed by atoms with Crippen LogP contribution in [0.4, 0.5) is 4.79 Å². The third-order valence-electron chi connectivity index (χ3n) is 7.25. The molecule has 6 nitrogen and oxygen atoms in total. The Morgan fingerprint density at radius 2 is 1.94 bits per heavy atom. The van der Waals surface area contributed by atoms with Gasteiger partial charge in [-0.05, 0) is 87.7 Å². The number of aromatic nitrogens is 1. The Labute approximate surface area is 205 Å². The summed E-state index contributed by atoms with van der Waals surface area (Å²) in [5.74, 6) is 2.08. The van der Waals surface area contributed by atoms with Crippen molar-refractivity contribution in [2.45, 2.75) is 71.1 Å². The number of carbonyl (C=O) groups is 1. The van der Waals surface area contributed by atoms with E-state index in [1.807, 2.05) is 18.2 Å². The molecule has 2 heterocycles. The van der Waals surface area contributed by atoms with E-state index in [2.05, 4.69) is 24.0 Å². The third kappa shape index (κ3) is 8.46. The number of methoxy groups -OCH3 is 1. The van der Waals surface area contributed by atoms with Crippen molar-refractivity contribution in [3.05, 3.63) is 36.0 Å². The minimum atomic E-state index is -0.667. The van der Waals surface area contributed by atoms with E-state index in [9.17, 15) is 4.79 Å². The fourth-order valence-corrected chi connectivity index (χ4v) is 5.27. The molecular weight excluding hydrogens is 426 g/mol. The number of pyridine rings is 1. The normalized spacial score (nSPS) is 18.8. The second kappa shape index (κ2) is 14.1. The average Bonchev–Trinajstić information content (AvgIpc) is 2.84. The van der Waals surface area contributed by atoms with Gasteiger partial charge in [0.05, 0.1) is 19.2 Å². The Kier molecular flexibility index (Phi) is 10.9. The summed E-state index contributed by atoms with van der Waals surface area (Å²) >= 11 is 0. The van der Waals surface area contributed by atoms with Gasteiger partial charge < -0.3 is 20.1 Å². The average molecular weight is 470 g/mol. The molecule has 0 saturated carbocycles. The quantitative estimate of drug-likeness (QED) is 0.345. The van der Waals surface area contributed by atoms with Gasteiger partial charge in [-0.3, -0.25) is 4.98 Å². The standard InChI is InChI=1S/C28H43N3O3/c1-3-4-5-6-7-17-31-18-15-22(24(21-31)16-19-34-28(29)32)9-8-10-25-12-11-23-20-26(33-2)13-14-27(23)30-25/h11-14,20,22,24H,3-10,15-19,21H2,1-2H3,(H2,29,32)/t22-,24+/m1/s1. The summed E-state index contributed by atoms with van der Waals surface area (Å²) < 4.78 is 10.4. The van der Waals surface area contributed by atoms with Crippen molar-refractivity contribution in [1.29, 1.82) is 0 Å². The summed E-state index contributed by atoms with van der Waals surface area (Å²) in [4.78, 5) is 18.5. The van der Waals surface area contributed by atoms with Crippen LogP contribution in [0.15, 0.2) is 30.3 Å². The minimum Gasteiger partial charge on any atom is -0.497 e. The van der Waals surface area contributed by atoms with Crippen molar-refractivity contribution < 1.29 is 14.3 Å². The topological polar surface area (TPSA) is 77.7 Å². The van der Waals surface area contributed by atoms with Crippen LogP contribution in [0, 0.1) is 11.8 Å². The zero-order valence-electron chi connectivity index (χ0n) is 21.1. The van der Waals surface area contributed by atoms with Crippen LogP contribution in [0.2, 0.25) is 0 Å². The number of likely N-dealkylation sites (tertiary alicyclic amines) is 1. The van der Waals surface area contributed by atoms with E-state index < -0.39 is 6.09 Å². The molecule has 0 spiro atoms. The number of piperidine rings is 1. The first-order valence-electron chi connectivity index (χ1n) is 13.2. The van der Waals surface area contributed by atoms with E-state index in [1.165, 1.54) is 58.0 Å². The van der Waals surface area contributed by atoms with Crippen LogP contribution in [0.5, 0.6) is 5.75 Å². The van der Waals surface area contributed by atoms with Gasteiger partial charge >= 0.3 is 6.09 Å². The number of rotatable bonds is 14. The van der Waals surface area contributed by atoms with Crippen LogP contribution in [-0.2, 0) is 11.2 Å². The first kappa shape index (κ1) is 26.3. The first-order valence-corrected chi connectivity index (χ1v) is 13.2. The summed E-state index contributed by atoms with van der Waals surface area (Å²) in [7, 11) is 1.69. The van der Waals surface area contributed by atoms with Gasteiger partial charge in [-0.1, -0.05) is 38.7 Å². The Hall–Kier alpha value is -2.34. The van der Waals surface area contributed by atoms with E-state index in [0.29, 0.717) is 18.4 Å². The molecule has 6 heteroatoms. The van der Waals surface area contributed by atoms with Crippen LogP contribution < -0.4 is 10.5 Å². The van der Waals surface area contributed by atoms with Gasteiger partial charge in [-0.2, -0.15) is 0 Å². The number of fused-ring (bicyclic) bond motifs is 1. The van der Waals surface area contributed by atoms with Gasteiger partial charge in [0, 0.05) is 17.6 Å². The number of ether oxygens (including phenoxy) is 2. The van der Waals surface area contributed by atoms with Crippen molar-refractivity contribution in [3.8, 4) is 5.75 Å². The van der Waals surface area contributed by atoms with Crippen molar-refractivity contribution in [1.82, 2.24) is 9.88 Å². The van der Waals surface area contributed by atoms with Crippen molar-refractivity contribution in [2.24, 2.45) is 17.6 Å². The second-order valence-electron chi connectivity index (χ2n) is 9.73. The van der Waals surface area contributed by atoms with Crippen LogP contribution >= 0.6 is 0 Å². The molecule has 1 fully saturated rings. The number of benzene rings is 1. The van der Waals surface area contributed by atoms with E-state index in [1.54, 1.807) is 7.11 Å². The number of unbranched alkanes of at least 4 members (excludes halogenated alkanes) is 4. The molecule has 1 amide bonds. The predicted molar refractivity (Wildman–Crippen MR) is 138 cm³/mol. The second-order valence-corrected chi connectivity index (χ2v) is 9.73. The smallest absolute Gasteiger partial charge is 0.404 e. The Morgan fingerprint density at radius 1 is 1.09 bits per heavy atom. The fraction of sp³-hybridized carbons (Fsp3) is 0.643. The van der Waals surface area contributed by atoms with E-state index in [-0.39, 0.29) is 0 Å². The molecule has 2 atom stereocenters. The van der Waals surface area contributed by atoms with E-state index >= 15 is 0 Å². The van der Waals surface area contributed by atoms with Crippen LogP contribution in [0.25, 0.3) is 10.9 Å². The molecule has 0 aliphatic carbocycles. The highest BCUT2D eigenvalue weighted by molar-refractivity contribution is 5.80. The summed E-state index contributed by atoms with van der Waals surface area (Å²) in [6, 6.07) is 10.3. The van der Waals surface area contributed by atoms with Crippen LogP contribution in [0.1, 0.15) is 70.4 Å². The number of carbonyl (C=O) groups excluding carboxylic acids is 1. The maximum absolute atomic E-state index is 11.0. The zero-order chi connectivity index (χ0) is 24.2. The van der Waals surface area contributed by atoms with Crippen LogP contribution in [0.3, 0.4) is 0 Å². The number of nitrogens with two attached hydrogens (primary N) is 1. The molecule has 0 bridgehead atoms. The highest BCUT2D eigenvalue weighted by Crippen LogP contribution is 2.31. The SMILES string of the molecule is CCCCCCCN1CC[C@@H](CCCc2ccc3cc(OC)ccc3n2)[C@@H](CCOC(N)=O)C1. The van der Waals surface area contributed by atoms with Gasteiger partial charge in [0.15, 0.2) is 0 Å². The number of nitrogens with zero attached hydrogens (tertiary/aromatic N) is 2. The van der Waals surface area contributed by atoms with Crippen LogP contribution in [-0.4, -0.2) is 49.3 Å². The summed E-state index contributed by atoms with van der Waals surface area (Å²) in [5.41, 5.74) is 7.36. The summed E-state index contributed by atoms with van der Waals surface area (Å²) in [5, 5.41) is 1.11. The molecule has 1 aromatic heterocycles. The molecule has 2 N–H and O–H groups in total. The molecule has 188 valence electrons. The van der Waals surface area contributed by atoms with Gasteiger partial charge in [-0.15, -0.1) is 0 Å².